The quantitative estimate of drug-likeness (QED) is 0.0576. The molecule has 0 spiro atoms. The van der Waals surface area contributed by atoms with E-state index in [4.69, 9.17) is 4.74 Å². The van der Waals surface area contributed by atoms with Gasteiger partial charge in [-0.25, -0.2) is 0 Å². The molecule has 52 heavy (non-hydrogen) atoms. The van der Waals surface area contributed by atoms with E-state index in [1.165, 1.54) is 13.2 Å². The van der Waals surface area contributed by atoms with E-state index in [0.717, 1.165) is 10.6 Å². The average molecular weight is 705 g/mol. The number of anilines is 1. The monoisotopic (exact) mass is 704 g/mol. The van der Waals surface area contributed by atoms with Gasteiger partial charge in [0, 0.05) is 38.6 Å². The first kappa shape index (κ1) is 35.6. The van der Waals surface area contributed by atoms with Crippen LogP contribution in [0.5, 0.6) is 34.5 Å². The van der Waals surface area contributed by atoms with Gasteiger partial charge in [0.05, 0.1) is 18.4 Å². The summed E-state index contributed by atoms with van der Waals surface area (Å²) in [4.78, 5) is 26.2. The average Bonchev–Trinajstić information content (AvgIpc) is 3.40. The van der Waals surface area contributed by atoms with Crippen LogP contribution in [-0.4, -0.2) is 55.8 Å². The van der Waals surface area contributed by atoms with Crippen LogP contribution in [-0.2, 0) is 9.53 Å². The van der Waals surface area contributed by atoms with Gasteiger partial charge < -0.3 is 35.4 Å². The molecule has 1 heterocycles. The van der Waals surface area contributed by atoms with Crippen LogP contribution in [0.3, 0.4) is 0 Å². The first-order valence-corrected chi connectivity index (χ1v) is 16.7. The number of rotatable bonds is 6. The molecule has 0 unspecified atom stereocenters. The van der Waals surface area contributed by atoms with Gasteiger partial charge in [0.2, 0.25) is 5.90 Å². The second kappa shape index (κ2) is 12.8. The van der Waals surface area contributed by atoms with Gasteiger partial charge >= 0.3 is 0 Å². The summed E-state index contributed by atoms with van der Waals surface area (Å²) in [7, 11) is 1.34. The zero-order valence-corrected chi connectivity index (χ0v) is 30.1. The lowest BCUT2D eigenvalue weighted by atomic mass is 9.83. The molecule has 11 heteroatoms. The molecule has 6 rings (SSSR count). The molecule has 5 aromatic carbocycles. The van der Waals surface area contributed by atoms with Gasteiger partial charge in [-0.15, -0.1) is 5.10 Å². The summed E-state index contributed by atoms with van der Waals surface area (Å²) in [5, 5.41) is 75.3. The van der Waals surface area contributed by atoms with Crippen LogP contribution in [0.15, 0.2) is 47.1 Å². The fourth-order valence-corrected chi connectivity index (χ4v) is 7.30. The predicted molar refractivity (Wildman–Crippen MR) is 201 cm³/mol. The number of carbonyl (C=O) groups excluding carboxylic acids is 2. The maximum atomic E-state index is 13.9. The SMILES string of the molecule is COC1=NN(c2ccc(C)cc2)C(=O)/C1=C\c1c(O)c(O)c(C(C)C)c2cc(C)c(-c3c(C)cc4c(C(C)C)c(O)c(O)c(C=O)c4c3O)c(O)c12. The number of aldehydes is 1. The number of fused-ring (bicyclic) bond motifs is 2. The number of carbonyl (C=O) groups is 2. The number of hydrogen-bond donors (Lipinski definition) is 6. The van der Waals surface area contributed by atoms with E-state index in [0.29, 0.717) is 45.0 Å². The van der Waals surface area contributed by atoms with Crippen molar-refractivity contribution >= 4 is 51.4 Å². The highest BCUT2D eigenvalue weighted by molar-refractivity contribution is 6.31. The van der Waals surface area contributed by atoms with Gasteiger partial charge in [-0.1, -0.05) is 57.5 Å². The molecule has 0 atom stereocenters. The van der Waals surface area contributed by atoms with Crippen molar-refractivity contribution in [2.75, 3.05) is 12.1 Å². The minimum Gasteiger partial charge on any atom is -0.507 e. The van der Waals surface area contributed by atoms with Crippen molar-refractivity contribution in [3.63, 3.8) is 0 Å². The maximum Gasteiger partial charge on any atom is 0.284 e. The molecular weight excluding hydrogens is 664 g/mol. The van der Waals surface area contributed by atoms with Crippen LogP contribution in [0, 0.1) is 20.8 Å². The highest BCUT2D eigenvalue weighted by Crippen LogP contribution is 2.55. The van der Waals surface area contributed by atoms with Crippen molar-refractivity contribution in [3.05, 3.63) is 80.9 Å². The molecule has 0 bridgehead atoms. The van der Waals surface area contributed by atoms with Crippen LogP contribution in [0.2, 0.25) is 0 Å². The number of methoxy groups -OCH3 is 1. The molecule has 0 aromatic heterocycles. The summed E-state index contributed by atoms with van der Waals surface area (Å²) >= 11 is 0. The van der Waals surface area contributed by atoms with Gasteiger partial charge in [-0.3, -0.25) is 9.59 Å². The van der Waals surface area contributed by atoms with Crippen LogP contribution in [0.4, 0.5) is 5.69 Å². The Morgan fingerprint density at radius 2 is 1.15 bits per heavy atom. The van der Waals surface area contributed by atoms with Gasteiger partial charge in [-0.2, -0.15) is 5.01 Å². The van der Waals surface area contributed by atoms with Crippen LogP contribution in [0.1, 0.15) is 83.3 Å². The lowest BCUT2D eigenvalue weighted by Crippen LogP contribution is -2.21. The van der Waals surface area contributed by atoms with Gasteiger partial charge in [-0.05, 0) is 72.7 Å². The number of benzene rings is 5. The highest BCUT2D eigenvalue weighted by atomic mass is 16.5. The zero-order chi connectivity index (χ0) is 38.1. The molecule has 0 radical (unpaired) electrons. The Bertz CT molecular complexity index is 2420. The van der Waals surface area contributed by atoms with Crippen molar-refractivity contribution in [2.45, 2.75) is 60.3 Å². The van der Waals surface area contributed by atoms with Gasteiger partial charge in [0.15, 0.2) is 29.3 Å². The van der Waals surface area contributed by atoms with E-state index < -0.39 is 40.4 Å². The third kappa shape index (κ3) is 5.23. The first-order valence-electron chi connectivity index (χ1n) is 16.7. The highest BCUT2D eigenvalue weighted by Gasteiger charge is 2.35. The molecule has 1 amide bonds. The summed E-state index contributed by atoms with van der Waals surface area (Å²) in [6.07, 6.45) is 1.65. The summed E-state index contributed by atoms with van der Waals surface area (Å²) in [5.41, 5.74) is 2.82. The molecule has 1 aliphatic rings. The standard InChI is InChI=1S/C41H40N2O9/c1-17(2)28-23-13-20(6)30(31-21(7)14-24-29(18(3)4)39(50)35(46)27(16-44)33(24)37(31)48)36(47)32(23)25(34(45)38(28)49)15-26-40(52-8)42-43(41(26)51)22-11-9-19(5)10-12-22/h9-18,45-50H,1-8H3/b26-15-. The Hall–Kier alpha value is -6.23. The van der Waals surface area contributed by atoms with Crippen LogP contribution in [0.25, 0.3) is 38.7 Å². The summed E-state index contributed by atoms with van der Waals surface area (Å²) in [6, 6.07) is 10.5. The molecule has 1 aliphatic heterocycles. The van der Waals surface area contributed by atoms with E-state index in [9.17, 15) is 40.2 Å². The van der Waals surface area contributed by atoms with Crippen LogP contribution < -0.4 is 5.01 Å². The fourth-order valence-electron chi connectivity index (χ4n) is 7.30. The van der Waals surface area contributed by atoms with E-state index in [1.54, 1.807) is 52.0 Å². The Labute approximate surface area is 300 Å². The lowest BCUT2D eigenvalue weighted by molar-refractivity contribution is -0.114. The Balaban J connectivity index is 1.72. The first-order chi connectivity index (χ1) is 24.5. The van der Waals surface area contributed by atoms with E-state index in [1.807, 2.05) is 32.9 Å². The van der Waals surface area contributed by atoms with E-state index >= 15 is 0 Å². The number of aromatic hydroxyl groups is 6. The molecule has 5 aromatic rings. The normalized spacial score (nSPS) is 14.0. The zero-order valence-electron chi connectivity index (χ0n) is 30.1. The number of ether oxygens (including phenoxy) is 1. The second-order valence-electron chi connectivity index (χ2n) is 13.8. The van der Waals surface area contributed by atoms with Crippen molar-refractivity contribution < 1.29 is 45.0 Å². The summed E-state index contributed by atoms with van der Waals surface area (Å²) in [5.74, 6) is -4.29. The molecule has 0 saturated heterocycles. The third-order valence-electron chi connectivity index (χ3n) is 9.71. The minimum atomic E-state index is -0.678. The van der Waals surface area contributed by atoms with E-state index in [2.05, 4.69) is 5.10 Å². The number of hydrazone groups is 1. The van der Waals surface area contributed by atoms with Gasteiger partial charge in [0.1, 0.15) is 17.1 Å². The molecule has 0 fully saturated rings. The Morgan fingerprint density at radius 1 is 0.692 bits per heavy atom. The molecular formula is C41H40N2O9. The topological polar surface area (TPSA) is 180 Å². The van der Waals surface area contributed by atoms with Crippen LogP contribution >= 0.6 is 0 Å². The molecule has 268 valence electrons. The summed E-state index contributed by atoms with van der Waals surface area (Å²) in [6.45, 7) is 12.5. The van der Waals surface area contributed by atoms with Crippen molar-refractivity contribution in [1.29, 1.82) is 0 Å². The van der Waals surface area contributed by atoms with Crippen molar-refractivity contribution in [3.8, 4) is 45.6 Å². The van der Waals surface area contributed by atoms with Gasteiger partial charge in [0.25, 0.3) is 5.91 Å². The van der Waals surface area contributed by atoms with E-state index in [-0.39, 0.29) is 56.3 Å². The Kier molecular flexibility index (Phi) is 8.78. The second-order valence-corrected chi connectivity index (χ2v) is 13.8. The number of aryl methyl sites for hydroxylation is 3. The molecule has 0 saturated carbocycles. The predicted octanol–water partition coefficient (Wildman–Crippen LogP) is 8.27. The summed E-state index contributed by atoms with van der Waals surface area (Å²) < 4.78 is 5.48. The van der Waals surface area contributed by atoms with Crippen molar-refractivity contribution in [2.24, 2.45) is 5.10 Å². The molecule has 6 N–H and O–H groups in total. The number of phenols is 6. The number of hydrogen-bond acceptors (Lipinski definition) is 10. The molecule has 11 nitrogen and oxygen atoms in total. The lowest BCUT2D eigenvalue weighted by Gasteiger charge is -2.23. The number of nitrogens with zero attached hydrogens (tertiary/aromatic N) is 2. The minimum absolute atomic E-state index is 0.0130. The third-order valence-corrected chi connectivity index (χ3v) is 9.71. The largest absolute Gasteiger partial charge is 0.507 e. The number of phenolic OH excluding ortho intramolecular Hbond substituents is 6. The fraction of sp³-hybridized carbons (Fsp3) is 0.244. The molecule has 0 aliphatic carbocycles. The maximum absolute atomic E-state index is 13.9. The Morgan fingerprint density at radius 3 is 1.60 bits per heavy atom. The smallest absolute Gasteiger partial charge is 0.284 e. The van der Waals surface area contributed by atoms with Crippen molar-refractivity contribution in [1.82, 2.24) is 0 Å². The number of amides is 1.